The Kier molecular flexibility index (Phi) is 6.92. The average Bonchev–Trinajstić information content (AvgIpc) is 2.85. The number of amides is 1. The lowest BCUT2D eigenvalue weighted by atomic mass is 10.1. The fourth-order valence-corrected chi connectivity index (χ4v) is 2.32. The van der Waals surface area contributed by atoms with Crippen LogP contribution in [-0.4, -0.2) is 47.3 Å². The Bertz CT molecular complexity index is 510. The molecule has 0 bridgehead atoms. The predicted molar refractivity (Wildman–Crippen MR) is 82.0 cm³/mol. The molecule has 1 amide bonds. The predicted octanol–water partition coefficient (Wildman–Crippen LogP) is 1.68. The summed E-state index contributed by atoms with van der Waals surface area (Å²) < 4.78 is 10.4. The monoisotopic (exact) mass is 330 g/mol. The van der Waals surface area contributed by atoms with Crippen molar-refractivity contribution in [3.63, 3.8) is 0 Å². The SMILES string of the molecule is COCc1nc(C(=O)NC(CCOC(C)(C)C)C(=O)O)cs1. The summed E-state index contributed by atoms with van der Waals surface area (Å²) in [7, 11) is 1.54. The first-order valence-electron chi connectivity index (χ1n) is 6.84. The molecule has 1 rings (SSSR count). The highest BCUT2D eigenvalue weighted by atomic mass is 32.1. The maximum atomic E-state index is 12.0. The zero-order valence-corrected chi connectivity index (χ0v) is 14.0. The molecule has 0 saturated carbocycles. The Morgan fingerprint density at radius 2 is 2.14 bits per heavy atom. The van der Waals surface area contributed by atoms with Gasteiger partial charge in [-0.2, -0.15) is 0 Å². The standard InChI is InChI=1S/C14H22N2O5S/c1-14(2,3)21-6-5-9(13(18)19)16-12(17)10-8-22-11(15-10)7-20-4/h8-9H,5-7H2,1-4H3,(H,16,17)(H,18,19). The van der Waals surface area contributed by atoms with Crippen LogP contribution >= 0.6 is 11.3 Å². The zero-order chi connectivity index (χ0) is 16.8. The molecule has 7 nitrogen and oxygen atoms in total. The van der Waals surface area contributed by atoms with Gasteiger partial charge in [0.05, 0.1) is 12.2 Å². The number of carbonyl (C=O) groups is 2. The summed E-state index contributed by atoms with van der Waals surface area (Å²) in [6.07, 6.45) is 0.188. The molecule has 22 heavy (non-hydrogen) atoms. The Hall–Kier alpha value is -1.51. The fourth-order valence-electron chi connectivity index (χ4n) is 1.58. The first kappa shape index (κ1) is 18.5. The molecule has 124 valence electrons. The summed E-state index contributed by atoms with van der Waals surface area (Å²) in [6.45, 7) is 6.21. The molecule has 0 aliphatic rings. The van der Waals surface area contributed by atoms with Crippen molar-refractivity contribution >= 4 is 23.2 Å². The summed E-state index contributed by atoms with van der Waals surface area (Å²) in [5.41, 5.74) is -0.156. The van der Waals surface area contributed by atoms with Gasteiger partial charge in [0.2, 0.25) is 0 Å². The van der Waals surface area contributed by atoms with E-state index in [4.69, 9.17) is 9.47 Å². The summed E-state index contributed by atoms with van der Waals surface area (Å²) >= 11 is 1.29. The molecule has 0 aliphatic heterocycles. The van der Waals surface area contributed by atoms with Crippen LogP contribution in [0.15, 0.2) is 5.38 Å². The molecule has 1 unspecified atom stereocenters. The largest absolute Gasteiger partial charge is 0.480 e. The van der Waals surface area contributed by atoms with Gasteiger partial charge in [-0.1, -0.05) is 0 Å². The minimum Gasteiger partial charge on any atom is -0.480 e. The number of hydrogen-bond acceptors (Lipinski definition) is 6. The van der Waals surface area contributed by atoms with E-state index in [0.29, 0.717) is 11.6 Å². The van der Waals surface area contributed by atoms with Crippen molar-refractivity contribution in [2.24, 2.45) is 0 Å². The summed E-state index contributed by atoms with van der Waals surface area (Å²) in [5, 5.41) is 13.9. The molecule has 2 N–H and O–H groups in total. The Morgan fingerprint density at radius 1 is 1.45 bits per heavy atom. The van der Waals surface area contributed by atoms with Gasteiger partial charge in [0.25, 0.3) is 5.91 Å². The summed E-state index contributed by atoms with van der Waals surface area (Å²) in [5.74, 6) is -1.61. The van der Waals surface area contributed by atoms with E-state index in [1.807, 2.05) is 20.8 Å². The van der Waals surface area contributed by atoms with Crippen LogP contribution in [0.2, 0.25) is 0 Å². The van der Waals surface area contributed by atoms with Crippen LogP contribution in [0.5, 0.6) is 0 Å². The summed E-state index contributed by atoms with van der Waals surface area (Å²) in [6, 6.07) is -1.01. The number of aliphatic carboxylic acids is 1. The van der Waals surface area contributed by atoms with E-state index in [0.717, 1.165) is 0 Å². The Morgan fingerprint density at radius 3 is 2.68 bits per heavy atom. The van der Waals surface area contributed by atoms with Gasteiger partial charge in [-0.15, -0.1) is 11.3 Å². The highest BCUT2D eigenvalue weighted by Crippen LogP contribution is 2.12. The van der Waals surface area contributed by atoms with Gasteiger partial charge in [-0.3, -0.25) is 4.79 Å². The molecular weight excluding hydrogens is 308 g/mol. The Balaban J connectivity index is 2.58. The number of hydrogen-bond donors (Lipinski definition) is 2. The Labute approximate surface area is 133 Å². The van der Waals surface area contributed by atoms with Gasteiger partial charge in [-0.25, -0.2) is 9.78 Å². The van der Waals surface area contributed by atoms with Crippen molar-refractivity contribution in [2.75, 3.05) is 13.7 Å². The van der Waals surface area contributed by atoms with Crippen LogP contribution in [0.1, 0.15) is 42.7 Å². The lowest BCUT2D eigenvalue weighted by Gasteiger charge is -2.21. The third kappa shape index (κ3) is 6.50. The first-order valence-corrected chi connectivity index (χ1v) is 7.72. The van der Waals surface area contributed by atoms with Crippen molar-refractivity contribution < 1.29 is 24.2 Å². The molecule has 1 aromatic heterocycles. The number of aromatic nitrogens is 1. The van der Waals surface area contributed by atoms with Crippen LogP contribution in [0.3, 0.4) is 0 Å². The van der Waals surface area contributed by atoms with Crippen molar-refractivity contribution in [2.45, 2.75) is 45.4 Å². The maximum absolute atomic E-state index is 12.0. The first-order chi connectivity index (χ1) is 10.2. The van der Waals surface area contributed by atoms with Gasteiger partial charge in [-0.05, 0) is 20.8 Å². The van der Waals surface area contributed by atoms with Crippen LogP contribution in [0.25, 0.3) is 0 Å². The van der Waals surface area contributed by atoms with Gasteiger partial charge >= 0.3 is 5.97 Å². The van der Waals surface area contributed by atoms with E-state index in [2.05, 4.69) is 10.3 Å². The molecule has 0 saturated heterocycles. The number of carboxylic acids is 1. The molecular formula is C14H22N2O5S. The third-order valence-electron chi connectivity index (χ3n) is 2.60. The number of thiazole rings is 1. The molecule has 1 aromatic rings. The van der Waals surface area contributed by atoms with E-state index < -0.39 is 17.9 Å². The maximum Gasteiger partial charge on any atom is 0.326 e. The highest BCUT2D eigenvalue weighted by molar-refractivity contribution is 7.09. The van der Waals surface area contributed by atoms with E-state index >= 15 is 0 Å². The number of carbonyl (C=O) groups excluding carboxylic acids is 1. The number of ether oxygens (including phenoxy) is 2. The lowest BCUT2D eigenvalue weighted by molar-refractivity contribution is -0.140. The van der Waals surface area contributed by atoms with Crippen molar-refractivity contribution in [3.05, 3.63) is 16.1 Å². The van der Waals surface area contributed by atoms with E-state index in [1.165, 1.54) is 18.4 Å². The number of carboxylic acid groups (broad SMARTS) is 1. The topological polar surface area (TPSA) is 97.8 Å². The van der Waals surface area contributed by atoms with E-state index in [1.54, 1.807) is 5.38 Å². The fraction of sp³-hybridized carbons (Fsp3) is 0.643. The molecule has 0 radical (unpaired) electrons. The second kappa shape index (κ2) is 8.21. The van der Waals surface area contributed by atoms with Crippen molar-refractivity contribution in [3.8, 4) is 0 Å². The second-order valence-corrected chi connectivity index (χ2v) is 6.62. The third-order valence-corrected chi connectivity index (χ3v) is 3.42. The van der Waals surface area contributed by atoms with E-state index in [-0.39, 0.29) is 24.3 Å². The van der Waals surface area contributed by atoms with Crippen molar-refractivity contribution in [1.29, 1.82) is 0 Å². The number of rotatable bonds is 8. The van der Waals surface area contributed by atoms with Crippen LogP contribution in [0, 0.1) is 0 Å². The number of nitrogens with one attached hydrogen (secondary N) is 1. The van der Waals surface area contributed by atoms with Crippen molar-refractivity contribution in [1.82, 2.24) is 10.3 Å². The average molecular weight is 330 g/mol. The minimum absolute atomic E-state index is 0.188. The smallest absolute Gasteiger partial charge is 0.326 e. The quantitative estimate of drug-likeness (QED) is 0.752. The molecule has 1 heterocycles. The minimum atomic E-state index is -1.10. The molecule has 0 aromatic carbocycles. The molecule has 0 spiro atoms. The normalized spacial score (nSPS) is 12.9. The molecule has 0 aliphatic carbocycles. The van der Waals surface area contributed by atoms with Gasteiger partial charge in [0.15, 0.2) is 0 Å². The highest BCUT2D eigenvalue weighted by Gasteiger charge is 2.23. The van der Waals surface area contributed by atoms with E-state index in [9.17, 15) is 14.7 Å². The van der Waals surface area contributed by atoms with Gasteiger partial charge in [0.1, 0.15) is 16.7 Å². The molecule has 0 fully saturated rings. The van der Waals surface area contributed by atoms with Gasteiger partial charge in [0, 0.05) is 25.5 Å². The second-order valence-electron chi connectivity index (χ2n) is 5.67. The lowest BCUT2D eigenvalue weighted by Crippen LogP contribution is -2.42. The van der Waals surface area contributed by atoms with Crippen LogP contribution < -0.4 is 5.32 Å². The van der Waals surface area contributed by atoms with Crippen LogP contribution in [-0.2, 0) is 20.9 Å². The molecule has 1 atom stereocenters. The molecule has 8 heteroatoms. The van der Waals surface area contributed by atoms with Crippen LogP contribution in [0.4, 0.5) is 0 Å². The number of nitrogens with zero attached hydrogens (tertiary/aromatic N) is 1. The number of methoxy groups -OCH3 is 1. The zero-order valence-electron chi connectivity index (χ0n) is 13.2. The van der Waals surface area contributed by atoms with Gasteiger partial charge < -0.3 is 19.9 Å². The summed E-state index contributed by atoms with van der Waals surface area (Å²) in [4.78, 5) is 27.3.